The molecule has 0 unspecified atom stereocenters. The summed E-state index contributed by atoms with van der Waals surface area (Å²) in [7, 11) is -3.62. The van der Waals surface area contributed by atoms with Gasteiger partial charge in [-0.25, -0.2) is 13.2 Å². The van der Waals surface area contributed by atoms with Gasteiger partial charge in [-0.2, -0.15) is 0 Å². The molecule has 0 bridgehead atoms. The van der Waals surface area contributed by atoms with Crippen molar-refractivity contribution in [1.82, 2.24) is 5.32 Å². The maximum absolute atomic E-state index is 13.5. The number of unbranched alkanes of at least 4 members (excludes halogenated alkanes) is 1. The van der Waals surface area contributed by atoms with Crippen LogP contribution in [-0.2, 0) is 14.6 Å². The summed E-state index contributed by atoms with van der Waals surface area (Å²) < 4.78 is 32.2. The summed E-state index contributed by atoms with van der Waals surface area (Å²) in [5.41, 5.74) is 1.11. The second kappa shape index (κ2) is 9.18. The highest BCUT2D eigenvalue weighted by atomic mass is 32.2. The summed E-state index contributed by atoms with van der Waals surface area (Å²) in [5.74, 6) is -0.875. The fraction of sp³-hybridized carbons (Fsp3) is 0.435. The molecule has 0 spiro atoms. The molecule has 0 aliphatic carbocycles. The van der Waals surface area contributed by atoms with Gasteiger partial charge < -0.3 is 9.84 Å². The summed E-state index contributed by atoms with van der Waals surface area (Å²) >= 11 is 0. The fourth-order valence-corrected chi connectivity index (χ4v) is 6.23. The standard InChI is InChI=1S/C23H29NO5S/c1-3-5-13-23(4-2)16-30(27,28)20-14-18(29-15-21(25)26)11-12-19(20)22(24-23)17-9-7-6-8-10-17/h6-12,14,22,24H,3-5,13,15-16H2,1-2H3,(H,25,26)/t22-,23+/m0/s1. The molecular weight excluding hydrogens is 402 g/mol. The molecule has 7 heteroatoms. The number of sulfone groups is 1. The average molecular weight is 432 g/mol. The Hall–Kier alpha value is -2.38. The topological polar surface area (TPSA) is 92.7 Å². The van der Waals surface area contributed by atoms with Crippen molar-refractivity contribution in [2.45, 2.75) is 56.0 Å². The van der Waals surface area contributed by atoms with Gasteiger partial charge in [0.25, 0.3) is 0 Å². The molecular formula is C23H29NO5S. The van der Waals surface area contributed by atoms with E-state index in [2.05, 4.69) is 12.2 Å². The van der Waals surface area contributed by atoms with Gasteiger partial charge in [0.2, 0.25) is 0 Å². The van der Waals surface area contributed by atoms with Crippen LogP contribution in [0.3, 0.4) is 0 Å². The number of fused-ring (bicyclic) bond motifs is 1. The third-order valence-corrected chi connectivity index (χ3v) is 7.69. The molecule has 0 saturated carbocycles. The van der Waals surface area contributed by atoms with Crippen LogP contribution < -0.4 is 10.1 Å². The van der Waals surface area contributed by atoms with Gasteiger partial charge in [-0.05, 0) is 36.1 Å². The molecule has 1 aliphatic heterocycles. The number of hydrogen-bond donors (Lipinski definition) is 2. The van der Waals surface area contributed by atoms with Crippen molar-refractivity contribution in [3.8, 4) is 5.75 Å². The van der Waals surface area contributed by atoms with Gasteiger partial charge in [0.05, 0.1) is 16.7 Å². The lowest BCUT2D eigenvalue weighted by Crippen LogP contribution is -2.50. The molecule has 2 atom stereocenters. The van der Waals surface area contributed by atoms with Crippen molar-refractivity contribution in [3.05, 3.63) is 59.7 Å². The number of nitrogens with one attached hydrogen (secondary N) is 1. The van der Waals surface area contributed by atoms with E-state index in [1.54, 1.807) is 12.1 Å². The third kappa shape index (κ3) is 4.84. The Kier molecular flexibility index (Phi) is 6.83. The molecule has 0 radical (unpaired) electrons. The zero-order valence-corrected chi connectivity index (χ0v) is 18.2. The first-order valence-electron chi connectivity index (χ1n) is 10.3. The zero-order valence-electron chi connectivity index (χ0n) is 17.4. The van der Waals surface area contributed by atoms with Crippen LogP contribution in [0.1, 0.15) is 56.7 Å². The Labute approximate surface area is 178 Å². The molecule has 0 aromatic heterocycles. The predicted molar refractivity (Wildman–Crippen MR) is 116 cm³/mol. The number of carboxylic acids is 1. The van der Waals surface area contributed by atoms with Gasteiger partial charge in [0.1, 0.15) is 5.75 Å². The Balaban J connectivity index is 2.14. The van der Waals surface area contributed by atoms with Crippen LogP contribution >= 0.6 is 0 Å². The summed E-state index contributed by atoms with van der Waals surface area (Å²) in [6.45, 7) is 3.61. The van der Waals surface area contributed by atoms with Crippen molar-refractivity contribution in [2.24, 2.45) is 0 Å². The molecule has 6 nitrogen and oxygen atoms in total. The van der Waals surface area contributed by atoms with Crippen LogP contribution in [0.15, 0.2) is 53.4 Å². The van der Waals surface area contributed by atoms with Crippen molar-refractivity contribution in [3.63, 3.8) is 0 Å². The Morgan fingerprint density at radius 2 is 1.93 bits per heavy atom. The number of rotatable bonds is 8. The quantitative estimate of drug-likeness (QED) is 0.657. The Bertz CT molecular complexity index is 990. The van der Waals surface area contributed by atoms with Crippen LogP contribution in [0.4, 0.5) is 0 Å². The summed E-state index contributed by atoms with van der Waals surface area (Å²) in [6.07, 6.45) is 3.37. The second-order valence-electron chi connectivity index (χ2n) is 7.87. The van der Waals surface area contributed by atoms with E-state index in [0.717, 1.165) is 24.8 Å². The number of hydrogen-bond acceptors (Lipinski definition) is 5. The SMILES string of the molecule is CCCC[C@]1(CC)CS(=O)(=O)c2cc(OCC(=O)O)ccc2[C@H](c2ccccc2)N1. The molecule has 0 fully saturated rings. The summed E-state index contributed by atoms with van der Waals surface area (Å²) in [5, 5.41) is 12.6. The van der Waals surface area contributed by atoms with Crippen LogP contribution in [0.25, 0.3) is 0 Å². The van der Waals surface area contributed by atoms with Crippen LogP contribution in [0.2, 0.25) is 0 Å². The van der Waals surface area contributed by atoms with E-state index in [0.29, 0.717) is 12.0 Å². The molecule has 2 aromatic carbocycles. The highest BCUT2D eigenvalue weighted by Crippen LogP contribution is 2.39. The van der Waals surface area contributed by atoms with E-state index in [1.807, 2.05) is 37.3 Å². The smallest absolute Gasteiger partial charge is 0.341 e. The van der Waals surface area contributed by atoms with E-state index in [4.69, 9.17) is 9.84 Å². The van der Waals surface area contributed by atoms with Gasteiger partial charge in [0.15, 0.2) is 16.4 Å². The van der Waals surface area contributed by atoms with Gasteiger partial charge >= 0.3 is 5.97 Å². The lowest BCUT2D eigenvalue weighted by Gasteiger charge is -2.35. The summed E-state index contributed by atoms with van der Waals surface area (Å²) in [6, 6.07) is 14.4. The van der Waals surface area contributed by atoms with E-state index in [1.165, 1.54) is 6.07 Å². The van der Waals surface area contributed by atoms with E-state index >= 15 is 0 Å². The predicted octanol–water partition coefficient (Wildman–Crippen LogP) is 3.96. The van der Waals surface area contributed by atoms with Crippen molar-refractivity contribution in [1.29, 1.82) is 0 Å². The molecule has 162 valence electrons. The van der Waals surface area contributed by atoms with Crippen molar-refractivity contribution >= 4 is 15.8 Å². The monoisotopic (exact) mass is 431 g/mol. The highest BCUT2D eigenvalue weighted by Gasteiger charge is 2.41. The molecule has 2 N–H and O–H groups in total. The van der Waals surface area contributed by atoms with Crippen molar-refractivity contribution < 1.29 is 23.1 Å². The molecule has 1 aliphatic rings. The van der Waals surface area contributed by atoms with Crippen LogP contribution in [-0.4, -0.2) is 37.4 Å². The first-order chi connectivity index (χ1) is 14.3. The minimum atomic E-state index is -3.62. The van der Waals surface area contributed by atoms with E-state index < -0.39 is 28.0 Å². The number of carboxylic acid groups (broad SMARTS) is 1. The lowest BCUT2D eigenvalue weighted by molar-refractivity contribution is -0.139. The maximum atomic E-state index is 13.5. The van der Waals surface area contributed by atoms with Gasteiger partial charge in [-0.1, -0.05) is 63.1 Å². The minimum absolute atomic E-state index is 0.00474. The van der Waals surface area contributed by atoms with Gasteiger partial charge in [-0.15, -0.1) is 0 Å². The average Bonchev–Trinajstić information content (AvgIpc) is 2.84. The molecule has 2 aromatic rings. The lowest BCUT2D eigenvalue weighted by atomic mass is 9.88. The maximum Gasteiger partial charge on any atom is 0.341 e. The second-order valence-corrected chi connectivity index (χ2v) is 9.82. The number of carbonyl (C=O) groups is 1. The first kappa shape index (κ1) is 22.3. The highest BCUT2D eigenvalue weighted by molar-refractivity contribution is 7.91. The van der Waals surface area contributed by atoms with Crippen LogP contribution in [0.5, 0.6) is 5.75 Å². The molecule has 0 saturated heterocycles. The summed E-state index contributed by atoms with van der Waals surface area (Å²) in [4.78, 5) is 11.1. The number of aliphatic carboxylic acids is 1. The normalized spacial score (nSPS) is 22.7. The Morgan fingerprint density at radius 1 is 1.20 bits per heavy atom. The van der Waals surface area contributed by atoms with Crippen molar-refractivity contribution in [2.75, 3.05) is 12.4 Å². The van der Waals surface area contributed by atoms with E-state index in [9.17, 15) is 13.2 Å². The number of ether oxygens (including phenoxy) is 1. The Morgan fingerprint density at radius 3 is 2.57 bits per heavy atom. The molecule has 30 heavy (non-hydrogen) atoms. The fourth-order valence-electron chi connectivity index (χ4n) is 4.07. The third-order valence-electron chi connectivity index (χ3n) is 5.73. The molecule has 3 rings (SSSR count). The van der Waals surface area contributed by atoms with Gasteiger partial charge in [-0.3, -0.25) is 5.32 Å². The largest absolute Gasteiger partial charge is 0.482 e. The van der Waals surface area contributed by atoms with E-state index in [-0.39, 0.29) is 22.4 Å². The van der Waals surface area contributed by atoms with Gasteiger partial charge in [0, 0.05) is 5.54 Å². The van der Waals surface area contributed by atoms with Crippen LogP contribution in [0, 0.1) is 0 Å². The minimum Gasteiger partial charge on any atom is -0.482 e. The first-order valence-corrected chi connectivity index (χ1v) is 12.0. The number of benzene rings is 2. The molecule has 0 amide bonds. The molecule has 1 heterocycles. The zero-order chi connectivity index (χ0) is 21.8.